The van der Waals surface area contributed by atoms with Crippen LogP contribution in [0.5, 0.6) is 0 Å². The highest BCUT2D eigenvalue weighted by Gasteiger charge is 2.19. The molecule has 2 heterocycles. The molecule has 3 aromatic rings. The van der Waals surface area contributed by atoms with Crippen LogP contribution in [0.1, 0.15) is 23.9 Å². The summed E-state index contributed by atoms with van der Waals surface area (Å²) in [5.41, 5.74) is 0.921. The van der Waals surface area contributed by atoms with E-state index < -0.39 is 0 Å². The van der Waals surface area contributed by atoms with Gasteiger partial charge >= 0.3 is 0 Å². The molecule has 0 aliphatic rings. The molecule has 0 aliphatic carbocycles. The van der Waals surface area contributed by atoms with Gasteiger partial charge in [-0.15, -0.1) is 11.3 Å². The van der Waals surface area contributed by atoms with E-state index in [1.807, 2.05) is 31.2 Å². The lowest BCUT2D eigenvalue weighted by Gasteiger charge is -2.19. The number of fused-ring (bicyclic) bond motifs is 1. The van der Waals surface area contributed by atoms with E-state index in [1.165, 1.54) is 11.3 Å². The number of furan rings is 1. The summed E-state index contributed by atoms with van der Waals surface area (Å²) in [7, 11) is 0. The molecule has 1 amide bonds. The van der Waals surface area contributed by atoms with Gasteiger partial charge in [-0.1, -0.05) is 19.1 Å². The number of aliphatic hydroxyl groups is 1. The smallest absolute Gasteiger partial charge is 0.289 e. The van der Waals surface area contributed by atoms with Crippen molar-refractivity contribution in [3.05, 3.63) is 42.2 Å². The van der Waals surface area contributed by atoms with Gasteiger partial charge in [-0.25, -0.2) is 4.98 Å². The summed E-state index contributed by atoms with van der Waals surface area (Å²) < 4.78 is 6.79. The molecule has 0 bridgehead atoms. The molecule has 0 fully saturated rings. The maximum atomic E-state index is 12.4. The Morgan fingerprint density at radius 1 is 1.26 bits per heavy atom. The molecule has 0 saturated heterocycles. The van der Waals surface area contributed by atoms with Gasteiger partial charge in [0.05, 0.1) is 16.8 Å². The van der Waals surface area contributed by atoms with Crippen LogP contribution < -0.4 is 0 Å². The van der Waals surface area contributed by atoms with Crippen molar-refractivity contribution in [2.24, 2.45) is 0 Å². The molecule has 0 saturated carbocycles. The second kappa shape index (κ2) is 6.93. The predicted molar refractivity (Wildman–Crippen MR) is 90.6 cm³/mol. The Morgan fingerprint density at radius 3 is 2.83 bits per heavy atom. The zero-order valence-corrected chi connectivity index (χ0v) is 13.7. The number of carbonyl (C=O) groups is 1. The van der Waals surface area contributed by atoms with Gasteiger partial charge in [-0.3, -0.25) is 4.79 Å². The minimum absolute atomic E-state index is 0.0584. The number of aromatic nitrogens is 1. The van der Waals surface area contributed by atoms with E-state index in [2.05, 4.69) is 4.98 Å². The summed E-state index contributed by atoms with van der Waals surface area (Å²) in [6, 6.07) is 11.3. The molecule has 0 spiro atoms. The Kier molecular flexibility index (Phi) is 4.73. The van der Waals surface area contributed by atoms with Crippen LogP contribution >= 0.6 is 11.3 Å². The van der Waals surface area contributed by atoms with E-state index in [1.54, 1.807) is 17.0 Å². The molecule has 23 heavy (non-hydrogen) atoms. The number of hydrogen-bond acceptors (Lipinski definition) is 5. The molecular formula is C17H18N2O3S. The van der Waals surface area contributed by atoms with E-state index in [0.29, 0.717) is 18.8 Å². The van der Waals surface area contributed by atoms with Crippen molar-refractivity contribution >= 4 is 27.5 Å². The van der Waals surface area contributed by atoms with Crippen LogP contribution in [0.3, 0.4) is 0 Å². The van der Waals surface area contributed by atoms with Crippen molar-refractivity contribution in [1.82, 2.24) is 9.88 Å². The number of aliphatic hydroxyl groups excluding tert-OH is 1. The van der Waals surface area contributed by atoms with E-state index in [9.17, 15) is 4.79 Å². The lowest BCUT2D eigenvalue weighted by molar-refractivity contribution is 0.0691. The number of nitrogens with zero attached hydrogens (tertiary/aromatic N) is 2. The van der Waals surface area contributed by atoms with Crippen molar-refractivity contribution < 1.29 is 14.3 Å². The second-order valence-corrected chi connectivity index (χ2v) is 6.20. The first-order valence-corrected chi connectivity index (χ1v) is 8.40. The molecule has 0 atom stereocenters. The molecule has 5 nitrogen and oxygen atoms in total. The lowest BCUT2D eigenvalue weighted by Crippen LogP contribution is -2.33. The van der Waals surface area contributed by atoms with Gasteiger partial charge in [0.15, 0.2) is 16.5 Å². The number of benzene rings is 1. The average Bonchev–Trinajstić information content (AvgIpc) is 3.20. The van der Waals surface area contributed by atoms with Gasteiger partial charge in [0.1, 0.15) is 0 Å². The Bertz CT molecular complexity index is 770. The van der Waals surface area contributed by atoms with E-state index >= 15 is 0 Å². The van der Waals surface area contributed by atoms with Gasteiger partial charge in [0.2, 0.25) is 0 Å². The zero-order chi connectivity index (χ0) is 16.2. The molecule has 0 radical (unpaired) electrons. The Balaban J connectivity index is 1.85. The van der Waals surface area contributed by atoms with Crippen LogP contribution in [0, 0.1) is 0 Å². The van der Waals surface area contributed by atoms with Crippen LogP contribution in [-0.2, 0) is 0 Å². The predicted octanol–water partition coefficient (Wildman–Crippen LogP) is 3.40. The molecule has 3 rings (SSSR count). The Labute approximate surface area is 138 Å². The minimum Gasteiger partial charge on any atom is -0.448 e. The summed E-state index contributed by atoms with van der Waals surface area (Å²) in [4.78, 5) is 18.6. The summed E-state index contributed by atoms with van der Waals surface area (Å²) in [5.74, 6) is 0.671. The van der Waals surface area contributed by atoms with Gasteiger partial charge in [-0.2, -0.15) is 0 Å². The highest BCUT2D eigenvalue weighted by molar-refractivity contribution is 7.21. The number of hydrogen-bond donors (Lipinski definition) is 1. The summed E-state index contributed by atoms with van der Waals surface area (Å²) in [6.07, 6.45) is 0.831. The average molecular weight is 330 g/mol. The van der Waals surface area contributed by atoms with Crippen LogP contribution in [-0.4, -0.2) is 40.6 Å². The van der Waals surface area contributed by atoms with Crippen molar-refractivity contribution in [2.45, 2.75) is 13.3 Å². The third-order valence-electron chi connectivity index (χ3n) is 3.47. The molecule has 120 valence electrons. The van der Waals surface area contributed by atoms with E-state index in [4.69, 9.17) is 9.52 Å². The van der Waals surface area contributed by atoms with Gasteiger partial charge in [0.25, 0.3) is 5.91 Å². The summed E-state index contributed by atoms with van der Waals surface area (Å²) in [6.45, 7) is 2.84. The third-order valence-corrected chi connectivity index (χ3v) is 4.52. The largest absolute Gasteiger partial charge is 0.448 e. The molecule has 0 unspecified atom stereocenters. The third kappa shape index (κ3) is 3.28. The first-order chi connectivity index (χ1) is 11.2. The first kappa shape index (κ1) is 15.7. The summed E-state index contributed by atoms with van der Waals surface area (Å²) in [5, 5.41) is 9.85. The highest BCUT2D eigenvalue weighted by atomic mass is 32.1. The second-order valence-electron chi connectivity index (χ2n) is 5.17. The minimum atomic E-state index is -0.201. The standard InChI is InChI=1S/C17H18N2O3S/c1-2-9-19(10-11-20)17(21)14-8-7-13(22-14)16-18-12-5-3-4-6-15(12)23-16/h3-8,20H,2,9-11H2,1H3. The fourth-order valence-electron chi connectivity index (χ4n) is 2.41. The summed E-state index contributed by atoms with van der Waals surface area (Å²) >= 11 is 1.53. The molecule has 1 aromatic carbocycles. The Hall–Kier alpha value is -2.18. The first-order valence-electron chi connectivity index (χ1n) is 7.59. The monoisotopic (exact) mass is 330 g/mol. The molecular weight excluding hydrogens is 312 g/mol. The van der Waals surface area contributed by atoms with Crippen molar-refractivity contribution in [3.63, 3.8) is 0 Å². The molecule has 1 N–H and O–H groups in total. The number of thiazole rings is 1. The topological polar surface area (TPSA) is 66.6 Å². The van der Waals surface area contributed by atoms with Gasteiger partial charge in [-0.05, 0) is 30.7 Å². The van der Waals surface area contributed by atoms with E-state index in [-0.39, 0.29) is 18.3 Å². The van der Waals surface area contributed by atoms with Crippen LogP contribution in [0.2, 0.25) is 0 Å². The van der Waals surface area contributed by atoms with Crippen LogP contribution in [0.15, 0.2) is 40.8 Å². The quantitative estimate of drug-likeness (QED) is 0.752. The van der Waals surface area contributed by atoms with Gasteiger partial charge < -0.3 is 14.4 Å². The van der Waals surface area contributed by atoms with Gasteiger partial charge in [0, 0.05) is 13.1 Å². The normalized spacial score (nSPS) is 11.0. The number of rotatable bonds is 6. The SMILES string of the molecule is CCCN(CCO)C(=O)c1ccc(-c2nc3ccccc3s2)o1. The highest BCUT2D eigenvalue weighted by Crippen LogP contribution is 2.31. The fourth-order valence-corrected chi connectivity index (χ4v) is 3.33. The van der Waals surface area contributed by atoms with Crippen LogP contribution in [0.25, 0.3) is 21.0 Å². The number of carbonyl (C=O) groups excluding carboxylic acids is 1. The molecule has 0 aliphatic heterocycles. The lowest BCUT2D eigenvalue weighted by atomic mass is 10.3. The van der Waals surface area contributed by atoms with E-state index in [0.717, 1.165) is 21.6 Å². The van der Waals surface area contributed by atoms with Crippen molar-refractivity contribution in [1.29, 1.82) is 0 Å². The number of amides is 1. The van der Waals surface area contributed by atoms with Crippen molar-refractivity contribution in [2.75, 3.05) is 19.7 Å². The molecule has 6 heteroatoms. The maximum absolute atomic E-state index is 12.4. The maximum Gasteiger partial charge on any atom is 0.289 e. The molecule has 2 aromatic heterocycles. The number of para-hydroxylation sites is 1. The van der Waals surface area contributed by atoms with Crippen LogP contribution in [0.4, 0.5) is 0 Å². The fraction of sp³-hybridized carbons (Fsp3) is 0.294. The zero-order valence-electron chi connectivity index (χ0n) is 12.9. The van der Waals surface area contributed by atoms with Crippen molar-refractivity contribution in [3.8, 4) is 10.8 Å². The Morgan fingerprint density at radius 2 is 2.09 bits per heavy atom.